The number of nitrogens with zero attached hydrogens (tertiary/aromatic N) is 2. The van der Waals surface area contributed by atoms with Gasteiger partial charge in [0, 0.05) is 51.1 Å². The van der Waals surface area contributed by atoms with E-state index in [0.29, 0.717) is 37.4 Å². The molecule has 0 aromatic heterocycles. The number of rotatable bonds is 4. The summed E-state index contributed by atoms with van der Waals surface area (Å²) in [6, 6.07) is 0. The van der Waals surface area contributed by atoms with Gasteiger partial charge in [0.15, 0.2) is 0 Å². The lowest BCUT2D eigenvalue weighted by molar-refractivity contribution is 0.211. The predicted molar refractivity (Wildman–Crippen MR) is 115 cm³/mol. The number of nitrogens with one attached hydrogen (secondary N) is 2. The Labute approximate surface area is 177 Å². The minimum absolute atomic E-state index is 0.375. The van der Waals surface area contributed by atoms with E-state index >= 15 is 0 Å². The van der Waals surface area contributed by atoms with E-state index in [9.17, 15) is 16.8 Å². The average molecular weight is 479 g/mol. The molecule has 0 radical (unpaired) electrons. The van der Waals surface area contributed by atoms with Crippen LogP contribution in [0.3, 0.4) is 0 Å². The third-order valence-corrected chi connectivity index (χ3v) is 3.32. The fraction of sp³-hybridized carbons (Fsp3) is 0.857. The van der Waals surface area contributed by atoms with Gasteiger partial charge in [0.1, 0.15) is 14.2 Å². The molecular formula is C14H34N6O8S2. The Morgan fingerprint density at radius 3 is 1.33 bits per heavy atom. The second-order valence-electron chi connectivity index (χ2n) is 6.12. The summed E-state index contributed by atoms with van der Waals surface area (Å²) in [6.07, 6.45) is 1.43. The van der Waals surface area contributed by atoms with Crippen molar-refractivity contribution in [1.29, 1.82) is 0 Å². The smallest absolute Gasteiger partial charge is 0.261 e. The Hall–Kier alpha value is -1.40. The van der Waals surface area contributed by atoms with Crippen LogP contribution in [0.25, 0.3) is 0 Å². The zero-order valence-corrected chi connectivity index (χ0v) is 19.2. The summed E-state index contributed by atoms with van der Waals surface area (Å²) in [4.78, 5) is 9.30. The van der Waals surface area contributed by atoms with Crippen LogP contribution in [0.2, 0.25) is 0 Å². The van der Waals surface area contributed by atoms with Gasteiger partial charge in [-0.3, -0.25) is 9.11 Å². The van der Waals surface area contributed by atoms with Gasteiger partial charge in [-0.05, 0) is 0 Å². The zero-order valence-electron chi connectivity index (χ0n) is 17.6. The highest BCUT2D eigenvalue weighted by molar-refractivity contribution is 7.85. The van der Waals surface area contributed by atoms with Crippen LogP contribution in [0.1, 0.15) is 0 Å². The monoisotopic (exact) mass is 478 g/mol. The molecule has 0 aliphatic carbocycles. The quantitative estimate of drug-likeness (QED) is 0.180. The van der Waals surface area contributed by atoms with Crippen molar-refractivity contribution in [3.63, 3.8) is 0 Å². The van der Waals surface area contributed by atoms with Crippen molar-refractivity contribution in [3.05, 3.63) is 0 Å². The van der Waals surface area contributed by atoms with Crippen molar-refractivity contribution < 1.29 is 35.6 Å². The van der Waals surface area contributed by atoms with Gasteiger partial charge in [-0.15, -0.1) is 0 Å². The van der Waals surface area contributed by atoms with E-state index in [4.69, 9.17) is 20.6 Å². The Kier molecular flexibility index (Phi) is 16.7. The Balaban J connectivity index is 0. The number of nitrogens with two attached hydrogens (primary N) is 2. The first kappa shape index (κ1) is 30.8. The molecule has 2 fully saturated rings. The average Bonchev–Trinajstić information content (AvgIpc) is 3.22. The van der Waals surface area contributed by atoms with Gasteiger partial charge in [-0.25, -0.2) is 0 Å². The minimum Gasteiger partial charge on any atom is -0.399 e. The largest absolute Gasteiger partial charge is 0.399 e. The lowest BCUT2D eigenvalue weighted by Gasteiger charge is -2.03. The molecule has 8 N–H and O–H groups in total. The van der Waals surface area contributed by atoms with E-state index in [1.807, 2.05) is 0 Å². The van der Waals surface area contributed by atoms with Crippen molar-refractivity contribution in [2.75, 3.05) is 66.0 Å². The molecule has 16 heteroatoms. The molecular weight excluding hydrogens is 444 g/mol. The summed E-state index contributed by atoms with van der Waals surface area (Å²) in [5, 5.41) is 14.0. The van der Waals surface area contributed by atoms with Crippen molar-refractivity contribution in [1.82, 2.24) is 10.6 Å². The maximum atomic E-state index is 9.19. The summed E-state index contributed by atoms with van der Waals surface area (Å²) >= 11 is 0. The predicted octanol–water partition coefficient (Wildman–Crippen LogP) is -2.66. The number of hydrogen-bond donors (Lipinski definition) is 6. The molecule has 2 aliphatic rings. The Morgan fingerprint density at radius 2 is 1.13 bits per heavy atom. The van der Waals surface area contributed by atoms with Gasteiger partial charge in [-0.1, -0.05) is 10.3 Å². The molecule has 2 rings (SSSR count). The van der Waals surface area contributed by atoms with Gasteiger partial charge in [0.05, 0.1) is 23.9 Å². The van der Waals surface area contributed by atoms with Crippen LogP contribution in [-0.2, 0) is 29.9 Å². The van der Waals surface area contributed by atoms with Gasteiger partial charge in [-0.2, -0.15) is 16.8 Å². The standard InChI is InChI=1S/2C6H13N3O.2CH4O3S/c2*1-10-9-6-4-8-3-5(6)2-7;2*1-5(2,3)4/h2*5,8H,2-4,7H2,1H3;2*1H3,(H,2,3,4). The molecule has 2 unspecified atom stereocenters. The second kappa shape index (κ2) is 16.3. The normalized spacial score (nSPS) is 23.5. The van der Waals surface area contributed by atoms with Gasteiger partial charge in [0.25, 0.3) is 20.2 Å². The summed E-state index contributed by atoms with van der Waals surface area (Å²) in [6.45, 7) is 4.78. The van der Waals surface area contributed by atoms with Crippen molar-refractivity contribution in [2.24, 2.45) is 33.6 Å². The summed E-state index contributed by atoms with van der Waals surface area (Å²) in [5.74, 6) is 0.750. The number of hydrogen-bond acceptors (Lipinski definition) is 12. The first-order valence-electron chi connectivity index (χ1n) is 8.63. The number of oxime groups is 2. The van der Waals surface area contributed by atoms with Crippen LogP contribution >= 0.6 is 0 Å². The maximum Gasteiger partial charge on any atom is 0.261 e. The van der Waals surface area contributed by atoms with E-state index in [0.717, 1.165) is 37.6 Å². The van der Waals surface area contributed by atoms with Crippen molar-refractivity contribution in [2.45, 2.75) is 0 Å². The van der Waals surface area contributed by atoms with E-state index in [2.05, 4.69) is 30.6 Å². The summed E-state index contributed by atoms with van der Waals surface area (Å²) < 4.78 is 51.7. The molecule has 2 heterocycles. The molecule has 2 saturated heterocycles. The molecule has 0 aromatic carbocycles. The molecule has 180 valence electrons. The highest BCUT2D eigenvalue weighted by atomic mass is 32.2. The SMILES string of the molecule is CON=C1CNCC1CN.CON=C1CNCC1CN.CS(=O)(=O)O.CS(=O)(=O)O. The lowest BCUT2D eigenvalue weighted by atomic mass is 10.1. The molecule has 0 spiro atoms. The van der Waals surface area contributed by atoms with Crippen LogP contribution in [0.15, 0.2) is 10.3 Å². The fourth-order valence-electron chi connectivity index (χ4n) is 2.16. The van der Waals surface area contributed by atoms with Crippen LogP contribution in [0.5, 0.6) is 0 Å². The summed E-state index contributed by atoms with van der Waals surface area (Å²) in [5.41, 5.74) is 13.0. The Bertz CT molecular complexity index is 649. The highest BCUT2D eigenvalue weighted by Crippen LogP contribution is 2.03. The van der Waals surface area contributed by atoms with E-state index in [-0.39, 0.29) is 0 Å². The molecule has 0 aromatic rings. The molecule has 14 nitrogen and oxygen atoms in total. The summed E-state index contributed by atoms with van der Waals surface area (Å²) in [7, 11) is -4.22. The van der Waals surface area contributed by atoms with E-state index in [1.165, 1.54) is 0 Å². The van der Waals surface area contributed by atoms with E-state index < -0.39 is 20.2 Å². The first-order chi connectivity index (χ1) is 13.8. The third-order valence-electron chi connectivity index (χ3n) is 3.32. The van der Waals surface area contributed by atoms with Gasteiger partial charge < -0.3 is 31.8 Å². The van der Waals surface area contributed by atoms with Crippen LogP contribution in [0.4, 0.5) is 0 Å². The van der Waals surface area contributed by atoms with Gasteiger partial charge >= 0.3 is 0 Å². The molecule has 30 heavy (non-hydrogen) atoms. The topological polar surface area (TPSA) is 228 Å². The van der Waals surface area contributed by atoms with Crippen LogP contribution in [0, 0.1) is 11.8 Å². The van der Waals surface area contributed by atoms with Crippen LogP contribution < -0.4 is 22.1 Å². The fourth-order valence-corrected chi connectivity index (χ4v) is 2.16. The molecule has 2 aliphatic heterocycles. The minimum atomic E-state index is -3.67. The second-order valence-corrected chi connectivity index (χ2v) is 9.06. The van der Waals surface area contributed by atoms with Crippen molar-refractivity contribution in [3.8, 4) is 0 Å². The first-order valence-corrected chi connectivity index (χ1v) is 12.3. The van der Waals surface area contributed by atoms with Crippen LogP contribution in [-0.4, -0.2) is 103 Å². The maximum absolute atomic E-state index is 9.19. The Morgan fingerprint density at radius 1 is 0.867 bits per heavy atom. The molecule has 0 saturated carbocycles. The van der Waals surface area contributed by atoms with E-state index in [1.54, 1.807) is 14.2 Å². The van der Waals surface area contributed by atoms with Crippen molar-refractivity contribution >= 4 is 31.7 Å². The molecule has 2 atom stereocenters. The highest BCUT2D eigenvalue weighted by Gasteiger charge is 2.21. The lowest BCUT2D eigenvalue weighted by Crippen LogP contribution is -2.22. The molecule has 0 amide bonds. The molecule has 0 bridgehead atoms. The zero-order chi connectivity index (χ0) is 23.8. The van der Waals surface area contributed by atoms with Gasteiger partial charge in [0.2, 0.25) is 0 Å². The third kappa shape index (κ3) is 21.3.